The van der Waals surface area contributed by atoms with Gasteiger partial charge in [-0.25, -0.2) is 13.6 Å². The standard InChI is InChI=1S/C37H45BrF2N6O9/c1-37(2,3)33(29-13-22(24-14-23(39)9-10-25(24)40)19-45(29)18-21-7-5-4-6-8-21)46(31(49)20-47)12-11-26(41)34(52)44-28(36(54)55)17-42-35(53)27(15-32(50)51)43-30(48)16-38/h4-10,13-14,19,26-28,33,47H,11-12,15-18,20,41H2,1-3H3,(H,42,53)(H,43,48)(H,44,52)(H,50,51)(H,54,55)/t26-,27-,28+,33-/m0/s1. The molecule has 55 heavy (non-hydrogen) atoms. The van der Waals surface area contributed by atoms with E-state index in [2.05, 4.69) is 31.9 Å². The second-order valence-corrected chi connectivity index (χ2v) is 14.4. The normalized spacial score (nSPS) is 13.5. The van der Waals surface area contributed by atoms with Gasteiger partial charge in [0.05, 0.1) is 23.8 Å². The molecule has 0 spiro atoms. The third-order valence-corrected chi connectivity index (χ3v) is 9.01. The van der Waals surface area contributed by atoms with Crippen LogP contribution in [-0.2, 0) is 35.3 Å². The molecule has 298 valence electrons. The molecule has 0 fully saturated rings. The highest BCUT2D eigenvalue weighted by Gasteiger charge is 2.38. The van der Waals surface area contributed by atoms with Gasteiger partial charge in [0.1, 0.15) is 30.3 Å². The lowest BCUT2D eigenvalue weighted by Crippen LogP contribution is -2.56. The molecule has 0 bridgehead atoms. The third-order valence-electron chi connectivity index (χ3n) is 8.50. The van der Waals surface area contributed by atoms with Crippen molar-refractivity contribution in [3.8, 4) is 11.1 Å². The van der Waals surface area contributed by atoms with Gasteiger partial charge >= 0.3 is 11.9 Å². The molecule has 2 aromatic carbocycles. The zero-order valence-electron chi connectivity index (χ0n) is 30.4. The summed E-state index contributed by atoms with van der Waals surface area (Å²) in [4.78, 5) is 75.5. The summed E-state index contributed by atoms with van der Waals surface area (Å²) in [5.74, 6) is -7.68. The monoisotopic (exact) mass is 834 g/mol. The average Bonchev–Trinajstić information content (AvgIpc) is 3.53. The summed E-state index contributed by atoms with van der Waals surface area (Å²) in [7, 11) is 0. The molecular formula is C37H45BrF2N6O9. The van der Waals surface area contributed by atoms with Gasteiger partial charge in [-0.05, 0) is 41.7 Å². The van der Waals surface area contributed by atoms with Crippen molar-refractivity contribution in [3.05, 3.63) is 83.7 Å². The van der Waals surface area contributed by atoms with Crippen LogP contribution < -0.4 is 21.7 Å². The summed E-state index contributed by atoms with van der Waals surface area (Å²) >= 11 is 2.89. The number of amides is 4. The number of aromatic nitrogens is 1. The zero-order chi connectivity index (χ0) is 41.0. The van der Waals surface area contributed by atoms with Gasteiger partial charge in [-0.2, -0.15) is 0 Å². The number of carbonyl (C=O) groups is 6. The van der Waals surface area contributed by atoms with Gasteiger partial charge in [-0.15, -0.1) is 0 Å². The molecular weight excluding hydrogens is 790 g/mol. The minimum absolute atomic E-state index is 0.00952. The van der Waals surface area contributed by atoms with E-state index in [1.165, 1.54) is 4.90 Å². The van der Waals surface area contributed by atoms with Crippen molar-refractivity contribution in [2.75, 3.05) is 25.0 Å². The maximum atomic E-state index is 15.0. The molecule has 15 nitrogen and oxygen atoms in total. The van der Waals surface area contributed by atoms with Crippen molar-refractivity contribution in [2.45, 2.75) is 64.3 Å². The lowest BCUT2D eigenvalue weighted by molar-refractivity contribution is -0.143. The highest BCUT2D eigenvalue weighted by atomic mass is 79.9. The number of halogens is 3. The van der Waals surface area contributed by atoms with Crippen molar-refractivity contribution in [1.82, 2.24) is 25.4 Å². The smallest absolute Gasteiger partial charge is 0.328 e. The van der Waals surface area contributed by atoms with E-state index in [0.29, 0.717) is 11.3 Å². The Balaban J connectivity index is 1.89. The Bertz CT molecular complexity index is 1850. The first-order chi connectivity index (χ1) is 25.9. The van der Waals surface area contributed by atoms with Gasteiger partial charge in [0.25, 0.3) is 0 Å². The van der Waals surface area contributed by atoms with E-state index in [1.807, 2.05) is 51.1 Å². The minimum atomic E-state index is -1.72. The van der Waals surface area contributed by atoms with Crippen LogP contribution >= 0.6 is 15.9 Å². The lowest BCUT2D eigenvalue weighted by Gasteiger charge is -2.41. The quantitative estimate of drug-likeness (QED) is 0.0870. The fraction of sp³-hybridized carbons (Fsp3) is 0.405. The number of nitrogens with one attached hydrogen (secondary N) is 3. The number of carbonyl (C=O) groups excluding carboxylic acids is 4. The summed E-state index contributed by atoms with van der Waals surface area (Å²) in [6, 6.07) is 8.49. The molecule has 1 aromatic heterocycles. The van der Waals surface area contributed by atoms with Crippen LogP contribution in [0.3, 0.4) is 0 Å². The van der Waals surface area contributed by atoms with Crippen LogP contribution in [0.15, 0.2) is 60.8 Å². The van der Waals surface area contributed by atoms with Gasteiger partial charge in [0.15, 0.2) is 0 Å². The molecule has 0 unspecified atom stereocenters. The second kappa shape index (κ2) is 19.9. The SMILES string of the molecule is CC(C)(C)[C@H](c1cc(-c2cc(F)ccc2F)cn1Cc1ccccc1)N(CC[C@H](N)C(=O)N[C@H](CNC(=O)[C@H](CC(=O)O)NC(=O)CBr)C(=O)O)C(=O)CO. The van der Waals surface area contributed by atoms with Crippen LogP contribution in [0.25, 0.3) is 11.1 Å². The molecule has 8 N–H and O–H groups in total. The Morgan fingerprint density at radius 1 is 0.945 bits per heavy atom. The van der Waals surface area contributed by atoms with E-state index in [0.717, 1.165) is 23.8 Å². The van der Waals surface area contributed by atoms with Crippen molar-refractivity contribution >= 4 is 51.5 Å². The average molecular weight is 836 g/mol. The second-order valence-electron chi connectivity index (χ2n) is 13.8. The predicted octanol–water partition coefficient (Wildman–Crippen LogP) is 2.15. The fourth-order valence-corrected chi connectivity index (χ4v) is 6.09. The predicted molar refractivity (Wildman–Crippen MR) is 199 cm³/mol. The Morgan fingerprint density at radius 2 is 1.62 bits per heavy atom. The van der Waals surface area contributed by atoms with Crippen molar-refractivity contribution in [3.63, 3.8) is 0 Å². The number of alkyl halides is 1. The van der Waals surface area contributed by atoms with Crippen molar-refractivity contribution in [1.29, 1.82) is 0 Å². The van der Waals surface area contributed by atoms with E-state index in [1.54, 1.807) is 16.8 Å². The number of rotatable bonds is 19. The number of benzene rings is 2. The summed E-state index contributed by atoms with van der Waals surface area (Å²) in [6.07, 6.45) is 0.620. The van der Waals surface area contributed by atoms with Crippen molar-refractivity contribution in [2.24, 2.45) is 11.1 Å². The number of nitrogens with zero attached hydrogens (tertiary/aromatic N) is 2. The molecule has 0 saturated carbocycles. The van der Waals surface area contributed by atoms with Gasteiger partial charge in [0, 0.05) is 42.7 Å². The van der Waals surface area contributed by atoms with Crippen LogP contribution in [0.5, 0.6) is 0 Å². The molecule has 0 aliphatic heterocycles. The van der Waals surface area contributed by atoms with Gasteiger partial charge < -0.3 is 46.5 Å². The topological polar surface area (TPSA) is 233 Å². The lowest BCUT2D eigenvalue weighted by atomic mass is 9.82. The molecule has 0 aliphatic rings. The van der Waals surface area contributed by atoms with Crippen LogP contribution in [-0.4, -0.2) is 104 Å². The molecule has 0 radical (unpaired) electrons. The maximum absolute atomic E-state index is 15.0. The third kappa shape index (κ3) is 12.7. The number of hydrogen-bond acceptors (Lipinski definition) is 8. The Morgan fingerprint density at radius 3 is 2.20 bits per heavy atom. The highest BCUT2D eigenvalue weighted by molar-refractivity contribution is 9.09. The van der Waals surface area contributed by atoms with E-state index in [9.17, 15) is 43.4 Å². The number of carboxylic acid groups (broad SMARTS) is 2. The highest BCUT2D eigenvalue weighted by Crippen LogP contribution is 2.41. The zero-order valence-corrected chi connectivity index (χ0v) is 32.0. The molecule has 4 amide bonds. The van der Waals surface area contributed by atoms with Crippen LogP contribution in [0.1, 0.15) is 50.9 Å². The van der Waals surface area contributed by atoms with Crippen LogP contribution in [0.2, 0.25) is 0 Å². The van der Waals surface area contributed by atoms with Gasteiger partial charge in [0.2, 0.25) is 23.6 Å². The molecule has 3 rings (SSSR count). The number of nitrogens with two attached hydrogens (primary N) is 1. The molecule has 0 saturated heterocycles. The molecule has 18 heteroatoms. The number of aliphatic hydroxyl groups excluding tert-OH is 1. The van der Waals surface area contributed by atoms with Crippen LogP contribution in [0, 0.1) is 17.0 Å². The van der Waals surface area contributed by atoms with Gasteiger partial charge in [-0.3, -0.25) is 24.0 Å². The fourth-order valence-electron chi connectivity index (χ4n) is 5.93. The maximum Gasteiger partial charge on any atom is 0.328 e. The first kappa shape index (κ1) is 44.2. The minimum Gasteiger partial charge on any atom is -0.481 e. The summed E-state index contributed by atoms with van der Waals surface area (Å²) in [5, 5.41) is 35.3. The summed E-state index contributed by atoms with van der Waals surface area (Å²) < 4.78 is 31.1. The number of carboxylic acids is 2. The van der Waals surface area contributed by atoms with E-state index in [-0.39, 0.29) is 30.4 Å². The van der Waals surface area contributed by atoms with Gasteiger partial charge in [-0.1, -0.05) is 67.0 Å². The Kier molecular flexibility index (Phi) is 16.0. The molecule has 3 aromatic rings. The number of hydrogen-bond donors (Lipinski definition) is 7. The largest absolute Gasteiger partial charge is 0.481 e. The first-order valence-electron chi connectivity index (χ1n) is 17.1. The summed E-state index contributed by atoms with van der Waals surface area (Å²) in [5.41, 5.74) is 7.11. The van der Waals surface area contributed by atoms with Crippen LogP contribution in [0.4, 0.5) is 8.78 Å². The first-order valence-corrected chi connectivity index (χ1v) is 18.2. The Hall–Kier alpha value is -5.20. The molecule has 1 heterocycles. The molecule has 0 aliphatic carbocycles. The number of aliphatic carboxylic acids is 2. The number of aliphatic hydroxyl groups is 1. The van der Waals surface area contributed by atoms with Crippen molar-refractivity contribution < 1.29 is 52.9 Å². The van der Waals surface area contributed by atoms with E-state index < -0.39 is 96.4 Å². The van der Waals surface area contributed by atoms with E-state index in [4.69, 9.17) is 10.8 Å². The Labute approximate surface area is 324 Å². The van der Waals surface area contributed by atoms with E-state index >= 15 is 4.39 Å². The summed E-state index contributed by atoms with van der Waals surface area (Å²) in [6.45, 7) is 3.96. The molecule has 4 atom stereocenters.